The van der Waals surface area contributed by atoms with Gasteiger partial charge in [0.15, 0.2) is 17.1 Å². The van der Waals surface area contributed by atoms with Crippen LogP contribution in [0.2, 0.25) is 0 Å². The third-order valence-electron chi connectivity index (χ3n) is 3.85. The summed E-state index contributed by atoms with van der Waals surface area (Å²) < 4.78 is 18.0. The summed E-state index contributed by atoms with van der Waals surface area (Å²) in [5.74, 6) is 2.52. The van der Waals surface area contributed by atoms with Gasteiger partial charge in [0.2, 0.25) is 5.75 Å². The molecule has 3 aromatic rings. The molecule has 0 saturated carbocycles. The highest BCUT2D eigenvalue weighted by Gasteiger charge is 2.18. The Hall–Kier alpha value is -2.96. The fourth-order valence-corrected chi connectivity index (χ4v) is 2.76. The van der Waals surface area contributed by atoms with Gasteiger partial charge in [-0.15, -0.1) is 0 Å². The molecule has 3 rings (SSSR count). The zero-order valence-corrected chi connectivity index (χ0v) is 16.0. The largest absolute Gasteiger partial charge is 0.493 e. The van der Waals surface area contributed by atoms with Crippen LogP contribution in [-0.4, -0.2) is 41.5 Å². The Balaban J connectivity index is 2.14. The maximum atomic E-state index is 5.45. The van der Waals surface area contributed by atoms with Crippen LogP contribution in [0.5, 0.6) is 17.2 Å². The Morgan fingerprint density at radius 3 is 2.19 bits per heavy atom. The summed E-state index contributed by atoms with van der Waals surface area (Å²) >= 11 is 0. The summed E-state index contributed by atoms with van der Waals surface area (Å²) in [4.78, 5) is 4.73. The summed E-state index contributed by atoms with van der Waals surface area (Å²) in [5.41, 5.74) is 2.42. The van der Waals surface area contributed by atoms with E-state index in [0.717, 1.165) is 22.6 Å². The molecule has 2 heterocycles. The predicted octanol–water partition coefficient (Wildman–Crippen LogP) is 3.63. The van der Waals surface area contributed by atoms with E-state index in [2.05, 4.69) is 31.2 Å². The lowest BCUT2D eigenvalue weighted by atomic mass is 10.1. The number of ether oxygens (including phenoxy) is 3. The first-order valence-corrected chi connectivity index (χ1v) is 8.29. The Labute approximate surface area is 152 Å². The monoisotopic (exact) mass is 356 g/mol. The first-order chi connectivity index (χ1) is 12.4. The molecule has 2 aromatic heterocycles. The Kier molecular flexibility index (Phi) is 4.63. The van der Waals surface area contributed by atoms with Crippen molar-refractivity contribution in [3.05, 3.63) is 30.6 Å². The van der Waals surface area contributed by atoms with Crippen LogP contribution in [0.3, 0.4) is 0 Å². The Bertz CT molecular complexity index is 903. The van der Waals surface area contributed by atoms with Crippen molar-refractivity contribution >= 4 is 11.5 Å². The number of benzene rings is 1. The molecular formula is C19H24N4O3. The zero-order chi connectivity index (χ0) is 18.9. The maximum Gasteiger partial charge on any atom is 0.203 e. The fourth-order valence-electron chi connectivity index (χ4n) is 2.76. The predicted molar refractivity (Wildman–Crippen MR) is 101 cm³/mol. The van der Waals surface area contributed by atoms with Crippen LogP contribution in [0.1, 0.15) is 20.8 Å². The molecule has 0 aliphatic carbocycles. The molecular weight excluding hydrogens is 332 g/mol. The van der Waals surface area contributed by atoms with Crippen molar-refractivity contribution in [2.45, 2.75) is 26.3 Å². The maximum absolute atomic E-state index is 5.45. The van der Waals surface area contributed by atoms with E-state index in [0.29, 0.717) is 17.2 Å². The van der Waals surface area contributed by atoms with E-state index in [1.165, 1.54) is 0 Å². The van der Waals surface area contributed by atoms with E-state index in [1.807, 2.05) is 24.4 Å². The van der Waals surface area contributed by atoms with Crippen molar-refractivity contribution < 1.29 is 14.2 Å². The van der Waals surface area contributed by atoms with Crippen LogP contribution in [0.15, 0.2) is 30.6 Å². The molecule has 7 heteroatoms. The van der Waals surface area contributed by atoms with Gasteiger partial charge in [-0.3, -0.25) is 0 Å². The molecule has 26 heavy (non-hydrogen) atoms. The van der Waals surface area contributed by atoms with Gasteiger partial charge in [0.05, 0.1) is 27.5 Å². The highest BCUT2D eigenvalue weighted by atomic mass is 16.5. The van der Waals surface area contributed by atoms with E-state index in [1.54, 1.807) is 32.0 Å². The number of fused-ring (bicyclic) bond motifs is 1. The number of nitrogens with zero attached hydrogens (tertiary/aromatic N) is 3. The van der Waals surface area contributed by atoms with Gasteiger partial charge >= 0.3 is 0 Å². The number of hydrogen-bond donors (Lipinski definition) is 1. The lowest BCUT2D eigenvalue weighted by molar-refractivity contribution is 0.324. The topological polar surface area (TPSA) is 69.9 Å². The summed E-state index contributed by atoms with van der Waals surface area (Å²) in [6.07, 6.45) is 3.67. The smallest absolute Gasteiger partial charge is 0.203 e. The fraction of sp³-hybridized carbons (Fsp3) is 0.368. The zero-order valence-electron chi connectivity index (χ0n) is 16.0. The first kappa shape index (κ1) is 17.8. The molecule has 0 fully saturated rings. The summed E-state index contributed by atoms with van der Waals surface area (Å²) in [5, 5.41) is 7.78. The average Bonchev–Trinajstić information content (AvgIpc) is 3.02. The minimum atomic E-state index is -0.0852. The molecule has 0 saturated heterocycles. The molecule has 1 aromatic carbocycles. The van der Waals surface area contributed by atoms with Gasteiger partial charge in [0, 0.05) is 17.3 Å². The first-order valence-electron chi connectivity index (χ1n) is 8.29. The highest BCUT2D eigenvalue weighted by Crippen LogP contribution is 2.41. The molecule has 0 amide bonds. The van der Waals surface area contributed by atoms with Crippen LogP contribution in [0, 0.1) is 0 Å². The Morgan fingerprint density at radius 1 is 1.00 bits per heavy atom. The van der Waals surface area contributed by atoms with E-state index in [-0.39, 0.29) is 5.54 Å². The minimum Gasteiger partial charge on any atom is -0.493 e. The quantitative estimate of drug-likeness (QED) is 0.753. The summed E-state index contributed by atoms with van der Waals surface area (Å²) in [6, 6.07) is 5.69. The SMILES string of the molecule is COc1cc(-c2cnn3ccc(NC(C)(C)C)nc23)cc(OC)c1OC. The van der Waals surface area contributed by atoms with Crippen LogP contribution >= 0.6 is 0 Å². The molecule has 0 aliphatic heterocycles. The van der Waals surface area contributed by atoms with E-state index >= 15 is 0 Å². The lowest BCUT2D eigenvalue weighted by Crippen LogP contribution is -2.26. The number of hydrogen-bond acceptors (Lipinski definition) is 6. The Morgan fingerprint density at radius 2 is 1.65 bits per heavy atom. The van der Waals surface area contributed by atoms with Gasteiger partial charge < -0.3 is 19.5 Å². The van der Waals surface area contributed by atoms with Crippen molar-refractivity contribution in [3.63, 3.8) is 0 Å². The van der Waals surface area contributed by atoms with Crippen molar-refractivity contribution in [3.8, 4) is 28.4 Å². The van der Waals surface area contributed by atoms with Gasteiger partial charge in [0.1, 0.15) is 5.82 Å². The molecule has 0 unspecified atom stereocenters. The molecule has 0 radical (unpaired) electrons. The van der Waals surface area contributed by atoms with Crippen molar-refractivity contribution in [2.24, 2.45) is 0 Å². The normalized spacial score (nSPS) is 11.5. The van der Waals surface area contributed by atoms with Crippen molar-refractivity contribution in [1.29, 1.82) is 0 Å². The lowest BCUT2D eigenvalue weighted by Gasteiger charge is -2.21. The van der Waals surface area contributed by atoms with Gasteiger partial charge in [-0.25, -0.2) is 9.50 Å². The van der Waals surface area contributed by atoms with E-state index in [4.69, 9.17) is 19.2 Å². The second-order valence-corrected chi connectivity index (χ2v) is 6.93. The highest BCUT2D eigenvalue weighted by molar-refractivity contribution is 5.80. The summed E-state index contributed by atoms with van der Waals surface area (Å²) in [6.45, 7) is 6.28. The van der Waals surface area contributed by atoms with E-state index < -0.39 is 0 Å². The second kappa shape index (κ2) is 6.74. The second-order valence-electron chi connectivity index (χ2n) is 6.93. The summed E-state index contributed by atoms with van der Waals surface area (Å²) in [7, 11) is 4.78. The molecule has 0 spiro atoms. The van der Waals surface area contributed by atoms with Crippen LogP contribution in [0.25, 0.3) is 16.8 Å². The molecule has 0 atom stereocenters. The van der Waals surface area contributed by atoms with Crippen LogP contribution in [-0.2, 0) is 0 Å². The minimum absolute atomic E-state index is 0.0852. The average molecular weight is 356 g/mol. The van der Waals surface area contributed by atoms with Gasteiger partial charge in [-0.05, 0) is 44.5 Å². The third kappa shape index (κ3) is 3.37. The van der Waals surface area contributed by atoms with Gasteiger partial charge in [0.25, 0.3) is 0 Å². The van der Waals surface area contributed by atoms with Gasteiger partial charge in [-0.2, -0.15) is 5.10 Å². The van der Waals surface area contributed by atoms with Crippen LogP contribution < -0.4 is 19.5 Å². The molecule has 1 N–H and O–H groups in total. The molecule has 138 valence electrons. The number of aromatic nitrogens is 3. The number of methoxy groups -OCH3 is 3. The number of anilines is 1. The van der Waals surface area contributed by atoms with Crippen molar-refractivity contribution in [2.75, 3.05) is 26.6 Å². The van der Waals surface area contributed by atoms with Gasteiger partial charge in [-0.1, -0.05) is 0 Å². The van der Waals surface area contributed by atoms with Crippen molar-refractivity contribution in [1.82, 2.24) is 14.6 Å². The number of rotatable bonds is 5. The van der Waals surface area contributed by atoms with E-state index in [9.17, 15) is 0 Å². The molecule has 0 bridgehead atoms. The van der Waals surface area contributed by atoms with Crippen LogP contribution in [0.4, 0.5) is 5.82 Å². The standard InChI is InChI=1S/C19H24N4O3/c1-19(2,3)22-16-7-8-23-18(21-16)13(11-20-23)12-9-14(24-4)17(26-6)15(10-12)25-5/h7-11H,1-6H3,(H,21,22). The molecule has 0 aliphatic rings. The third-order valence-corrected chi connectivity index (χ3v) is 3.85. The number of nitrogens with one attached hydrogen (secondary N) is 1. The molecule has 7 nitrogen and oxygen atoms in total.